The van der Waals surface area contributed by atoms with Gasteiger partial charge in [-0.3, -0.25) is 0 Å². The summed E-state index contributed by atoms with van der Waals surface area (Å²) in [6, 6.07) is 4.64. The van der Waals surface area contributed by atoms with Crippen molar-refractivity contribution in [3.63, 3.8) is 0 Å². The van der Waals surface area contributed by atoms with E-state index in [1.165, 1.54) is 6.07 Å². The number of pyridine rings is 1. The van der Waals surface area contributed by atoms with Gasteiger partial charge in [0.25, 0.3) is 0 Å². The van der Waals surface area contributed by atoms with Crippen molar-refractivity contribution in [1.29, 1.82) is 0 Å². The van der Waals surface area contributed by atoms with Crippen LogP contribution in [0.3, 0.4) is 0 Å². The third-order valence-electron chi connectivity index (χ3n) is 5.05. The number of carbonyl (C=O) groups excluding carboxylic acids is 1. The molecule has 0 aliphatic heterocycles. The van der Waals surface area contributed by atoms with E-state index in [0.29, 0.717) is 18.0 Å². The molecule has 0 spiro atoms. The average Bonchev–Trinajstić information content (AvgIpc) is 2.76. The Morgan fingerprint density at radius 2 is 1.75 bits per heavy atom. The summed E-state index contributed by atoms with van der Waals surface area (Å²) in [5, 5.41) is 6.23. The Labute approximate surface area is 190 Å². The highest BCUT2D eigenvalue weighted by atomic mass is 19.1. The second-order valence-electron chi connectivity index (χ2n) is 7.54. The molecule has 3 aromatic rings. The highest BCUT2D eigenvalue weighted by Crippen LogP contribution is 2.32. The molecule has 0 bridgehead atoms. The number of hydrogen-bond acceptors (Lipinski definition) is 4. The Hall–Kier alpha value is -3.09. The molecule has 172 valence electrons. The lowest BCUT2D eigenvalue weighted by Crippen LogP contribution is -2.29. The van der Waals surface area contributed by atoms with Crippen LogP contribution in [-0.4, -0.2) is 27.5 Å². The fourth-order valence-corrected chi connectivity index (χ4v) is 3.39. The zero-order chi connectivity index (χ0) is 23.7. The number of nitrogens with one attached hydrogen (secondary N) is 2. The molecule has 0 fully saturated rings. The Kier molecular flexibility index (Phi) is 9.50. The van der Waals surface area contributed by atoms with Crippen LogP contribution in [0.2, 0.25) is 0 Å². The SMILES string of the molecule is CC.CCCCCCNC(=O)Nc1cc(-c2cc3cnc(C)nc3nc2C)c(C)cc1F. The van der Waals surface area contributed by atoms with Crippen molar-refractivity contribution in [2.75, 3.05) is 11.9 Å². The first kappa shape index (κ1) is 25.2. The van der Waals surface area contributed by atoms with E-state index in [4.69, 9.17) is 0 Å². The number of hydrogen-bond donors (Lipinski definition) is 2. The van der Waals surface area contributed by atoms with E-state index >= 15 is 0 Å². The van der Waals surface area contributed by atoms with E-state index in [9.17, 15) is 9.18 Å². The van der Waals surface area contributed by atoms with Gasteiger partial charge in [-0.1, -0.05) is 40.0 Å². The number of benzene rings is 1. The van der Waals surface area contributed by atoms with E-state index in [0.717, 1.165) is 53.5 Å². The first-order chi connectivity index (χ1) is 15.4. The number of urea groups is 1. The first-order valence-electron chi connectivity index (χ1n) is 11.4. The Morgan fingerprint density at radius 1 is 1.00 bits per heavy atom. The summed E-state index contributed by atoms with van der Waals surface area (Å²) in [6.45, 7) is 12.3. The maximum absolute atomic E-state index is 14.5. The van der Waals surface area contributed by atoms with Crippen molar-refractivity contribution < 1.29 is 9.18 Å². The van der Waals surface area contributed by atoms with Gasteiger partial charge in [0.05, 0.1) is 5.69 Å². The van der Waals surface area contributed by atoms with Crippen LogP contribution in [0, 0.1) is 26.6 Å². The highest BCUT2D eigenvalue weighted by molar-refractivity contribution is 5.91. The van der Waals surface area contributed by atoms with Crippen LogP contribution < -0.4 is 10.6 Å². The van der Waals surface area contributed by atoms with Crippen LogP contribution in [0.5, 0.6) is 0 Å². The molecule has 0 atom stereocenters. The number of carbonyl (C=O) groups is 1. The number of anilines is 1. The topological polar surface area (TPSA) is 79.8 Å². The molecule has 7 heteroatoms. The average molecular weight is 440 g/mol. The molecular weight excluding hydrogens is 405 g/mol. The smallest absolute Gasteiger partial charge is 0.319 e. The van der Waals surface area contributed by atoms with Crippen LogP contribution in [0.4, 0.5) is 14.9 Å². The number of nitrogens with zero attached hydrogens (tertiary/aromatic N) is 3. The summed E-state index contributed by atoms with van der Waals surface area (Å²) in [5.41, 5.74) is 3.97. The van der Waals surface area contributed by atoms with Gasteiger partial charge in [0.1, 0.15) is 11.6 Å². The third-order valence-corrected chi connectivity index (χ3v) is 5.05. The van der Waals surface area contributed by atoms with Crippen molar-refractivity contribution in [3.05, 3.63) is 47.3 Å². The van der Waals surface area contributed by atoms with Crippen molar-refractivity contribution in [1.82, 2.24) is 20.3 Å². The number of aromatic nitrogens is 3. The van der Waals surface area contributed by atoms with Crippen LogP contribution in [0.1, 0.15) is 63.5 Å². The fraction of sp³-hybridized carbons (Fsp3) is 0.440. The first-order valence-corrected chi connectivity index (χ1v) is 11.4. The van der Waals surface area contributed by atoms with Crippen LogP contribution in [0.15, 0.2) is 24.4 Å². The molecule has 32 heavy (non-hydrogen) atoms. The molecule has 0 radical (unpaired) electrons. The molecule has 1 aromatic carbocycles. The zero-order valence-electron chi connectivity index (χ0n) is 20.0. The summed E-state index contributed by atoms with van der Waals surface area (Å²) in [6.07, 6.45) is 5.99. The molecule has 0 aliphatic rings. The molecular formula is C25H34FN5O. The second kappa shape index (κ2) is 12.1. The molecule has 2 amide bonds. The number of amides is 2. The van der Waals surface area contributed by atoms with Gasteiger partial charge in [-0.15, -0.1) is 0 Å². The summed E-state index contributed by atoms with van der Waals surface area (Å²) < 4.78 is 14.5. The molecule has 0 aliphatic carbocycles. The molecule has 3 rings (SSSR count). The normalized spacial score (nSPS) is 10.5. The van der Waals surface area contributed by atoms with Crippen molar-refractivity contribution >= 4 is 22.8 Å². The molecule has 2 aromatic heterocycles. The summed E-state index contributed by atoms with van der Waals surface area (Å²) in [5.74, 6) is 0.190. The van der Waals surface area contributed by atoms with E-state index < -0.39 is 11.8 Å². The molecule has 2 N–H and O–H groups in total. The predicted octanol–water partition coefficient (Wildman–Crippen LogP) is 6.48. The predicted molar refractivity (Wildman–Crippen MR) is 129 cm³/mol. The van der Waals surface area contributed by atoms with Gasteiger partial charge < -0.3 is 10.6 Å². The maximum Gasteiger partial charge on any atom is 0.319 e. The number of rotatable bonds is 7. The number of unbranched alkanes of at least 4 members (excludes halogenated alkanes) is 3. The molecule has 2 heterocycles. The monoisotopic (exact) mass is 439 g/mol. The quantitative estimate of drug-likeness (QED) is 0.413. The molecule has 0 saturated carbocycles. The summed E-state index contributed by atoms with van der Waals surface area (Å²) in [4.78, 5) is 25.4. The summed E-state index contributed by atoms with van der Waals surface area (Å²) >= 11 is 0. The molecule has 0 unspecified atom stereocenters. The van der Waals surface area contributed by atoms with Crippen LogP contribution in [0.25, 0.3) is 22.2 Å². The van der Waals surface area contributed by atoms with Gasteiger partial charge >= 0.3 is 6.03 Å². The van der Waals surface area contributed by atoms with Crippen LogP contribution in [-0.2, 0) is 0 Å². The lowest BCUT2D eigenvalue weighted by Gasteiger charge is -2.14. The minimum atomic E-state index is -0.470. The van der Waals surface area contributed by atoms with Gasteiger partial charge in [-0.05, 0) is 56.5 Å². The molecule has 6 nitrogen and oxygen atoms in total. The zero-order valence-corrected chi connectivity index (χ0v) is 20.0. The van der Waals surface area contributed by atoms with Crippen LogP contribution >= 0.6 is 0 Å². The largest absolute Gasteiger partial charge is 0.338 e. The Balaban J connectivity index is 0.00000176. The van der Waals surface area contributed by atoms with E-state index in [-0.39, 0.29) is 5.69 Å². The fourth-order valence-electron chi connectivity index (χ4n) is 3.39. The lowest BCUT2D eigenvalue weighted by molar-refractivity contribution is 0.251. The minimum absolute atomic E-state index is 0.140. The van der Waals surface area contributed by atoms with Gasteiger partial charge in [0, 0.05) is 29.4 Å². The number of aryl methyl sites for hydroxylation is 3. The van der Waals surface area contributed by atoms with Gasteiger partial charge in [0.2, 0.25) is 0 Å². The second-order valence-corrected chi connectivity index (χ2v) is 7.54. The van der Waals surface area contributed by atoms with E-state index in [1.54, 1.807) is 12.3 Å². The summed E-state index contributed by atoms with van der Waals surface area (Å²) in [7, 11) is 0. The van der Waals surface area contributed by atoms with Gasteiger partial charge in [0.15, 0.2) is 5.65 Å². The van der Waals surface area contributed by atoms with Crippen molar-refractivity contribution in [2.24, 2.45) is 0 Å². The number of halogens is 1. The number of fused-ring (bicyclic) bond motifs is 1. The minimum Gasteiger partial charge on any atom is -0.338 e. The van der Waals surface area contributed by atoms with Gasteiger partial charge in [-0.2, -0.15) is 0 Å². The third kappa shape index (κ3) is 6.45. The van der Waals surface area contributed by atoms with Crippen molar-refractivity contribution in [3.8, 4) is 11.1 Å². The molecule has 0 saturated heterocycles. The van der Waals surface area contributed by atoms with E-state index in [2.05, 4.69) is 32.5 Å². The Morgan fingerprint density at radius 3 is 2.47 bits per heavy atom. The van der Waals surface area contributed by atoms with E-state index in [1.807, 2.05) is 40.7 Å². The standard InChI is InChI=1S/C23H28FN5O.C2H6/c1-5-6-7-8-9-25-23(30)29-21-12-18(14(2)10-20(21)24)19-11-17-13-26-16(4)28-22(17)27-15(19)3;1-2/h10-13H,5-9H2,1-4H3,(H2,25,29,30);1-2H3. The highest BCUT2D eigenvalue weighted by Gasteiger charge is 2.15. The van der Waals surface area contributed by atoms with Crippen molar-refractivity contribution in [2.45, 2.75) is 67.2 Å². The maximum atomic E-state index is 14.5. The lowest BCUT2D eigenvalue weighted by atomic mass is 9.97. The Bertz CT molecular complexity index is 1070. The van der Waals surface area contributed by atoms with Gasteiger partial charge in [-0.25, -0.2) is 24.1 Å².